The van der Waals surface area contributed by atoms with Crippen molar-refractivity contribution in [1.29, 1.82) is 0 Å². The molecule has 5 heteroatoms. The second-order valence-corrected chi connectivity index (χ2v) is 9.15. The summed E-state index contributed by atoms with van der Waals surface area (Å²) in [4.78, 5) is 0.242. The Balaban J connectivity index is 0.00000729. The molecule has 28 heavy (non-hydrogen) atoms. The molecule has 157 valence electrons. The predicted octanol–water partition coefficient (Wildman–Crippen LogP) is 6.88. The number of benzene rings is 1. The first-order valence-electron chi connectivity index (χ1n) is 11.1. The fourth-order valence-corrected chi connectivity index (χ4v) is 4.26. The third kappa shape index (κ3) is 15.6. The van der Waals surface area contributed by atoms with E-state index < -0.39 is 10.1 Å². The van der Waals surface area contributed by atoms with E-state index in [-0.39, 0.29) is 62.9 Å². The number of hydrogen-bond acceptors (Lipinski definition) is 3. The molecule has 0 N–H and O–H groups in total. The standard InChI is InChI=1S/C23H40O3S.K/c1-2-3-4-5-6-7-8-9-10-11-12-13-14-15-19-22-26-27(24,25)23-20-17-16-18-21-23;/h16-18,20-21H,2-15,19,22H2,1H3;. The smallest absolute Gasteiger partial charge is 0.266 e. The van der Waals surface area contributed by atoms with Gasteiger partial charge in [0.2, 0.25) is 0 Å². The molecule has 0 saturated carbocycles. The topological polar surface area (TPSA) is 43.4 Å². The van der Waals surface area contributed by atoms with Crippen molar-refractivity contribution in [2.24, 2.45) is 0 Å². The minimum Gasteiger partial charge on any atom is -0.266 e. The summed E-state index contributed by atoms with van der Waals surface area (Å²) in [6.07, 6.45) is 19.5. The van der Waals surface area contributed by atoms with E-state index in [0.29, 0.717) is 0 Å². The molecule has 0 aromatic heterocycles. The van der Waals surface area contributed by atoms with E-state index in [0.717, 1.165) is 12.8 Å². The van der Waals surface area contributed by atoms with Crippen LogP contribution in [0.1, 0.15) is 103 Å². The van der Waals surface area contributed by atoms with Crippen molar-refractivity contribution in [3.8, 4) is 0 Å². The van der Waals surface area contributed by atoms with Crippen LogP contribution in [0.25, 0.3) is 0 Å². The fraction of sp³-hybridized carbons (Fsp3) is 0.739. The van der Waals surface area contributed by atoms with Crippen molar-refractivity contribution in [3.63, 3.8) is 0 Å². The van der Waals surface area contributed by atoms with E-state index in [1.54, 1.807) is 30.3 Å². The van der Waals surface area contributed by atoms with Crippen LogP contribution in [0.15, 0.2) is 35.2 Å². The first-order valence-corrected chi connectivity index (χ1v) is 12.5. The molecule has 0 fully saturated rings. The van der Waals surface area contributed by atoms with Crippen LogP contribution in [0.5, 0.6) is 0 Å². The molecule has 3 nitrogen and oxygen atoms in total. The average molecular weight is 436 g/mol. The molecule has 0 amide bonds. The summed E-state index contributed by atoms with van der Waals surface area (Å²) >= 11 is 0. The molecule has 0 unspecified atom stereocenters. The second-order valence-electron chi connectivity index (χ2n) is 7.54. The molecule has 0 spiro atoms. The first kappa shape index (κ1) is 28.8. The van der Waals surface area contributed by atoms with Crippen LogP contribution >= 0.6 is 0 Å². The van der Waals surface area contributed by atoms with Crippen LogP contribution < -0.4 is 0 Å². The zero-order valence-electron chi connectivity index (χ0n) is 18.3. The van der Waals surface area contributed by atoms with E-state index in [9.17, 15) is 8.42 Å². The van der Waals surface area contributed by atoms with Crippen molar-refractivity contribution >= 4 is 61.5 Å². The Morgan fingerprint density at radius 1 is 0.643 bits per heavy atom. The molecule has 1 radical (unpaired) electrons. The minimum atomic E-state index is -3.58. The summed E-state index contributed by atoms with van der Waals surface area (Å²) in [5, 5.41) is 0. The molecule has 0 aliphatic rings. The molecule has 0 aliphatic carbocycles. The second kappa shape index (κ2) is 19.7. The molecule has 0 saturated heterocycles. The Morgan fingerprint density at radius 2 is 1.04 bits per heavy atom. The number of hydrogen-bond donors (Lipinski definition) is 0. The van der Waals surface area contributed by atoms with Gasteiger partial charge in [0, 0.05) is 51.4 Å². The van der Waals surface area contributed by atoms with Gasteiger partial charge in [-0.3, -0.25) is 4.18 Å². The molecule has 0 bridgehead atoms. The van der Waals surface area contributed by atoms with Crippen LogP contribution in [-0.4, -0.2) is 66.4 Å². The van der Waals surface area contributed by atoms with Gasteiger partial charge in [0.1, 0.15) is 0 Å². The molecule has 0 heterocycles. The number of unbranched alkanes of at least 4 members (excludes halogenated alkanes) is 14. The van der Waals surface area contributed by atoms with Crippen molar-refractivity contribution < 1.29 is 12.6 Å². The van der Waals surface area contributed by atoms with Crippen LogP contribution in [0.3, 0.4) is 0 Å². The Hall–Kier alpha value is 0.766. The van der Waals surface area contributed by atoms with Crippen molar-refractivity contribution in [3.05, 3.63) is 30.3 Å². The Kier molecular flexibility index (Phi) is 20.3. The molecule has 1 rings (SSSR count). The number of rotatable bonds is 18. The summed E-state index contributed by atoms with van der Waals surface area (Å²) in [6.45, 7) is 2.56. The van der Waals surface area contributed by atoms with E-state index in [1.807, 2.05) is 0 Å². The summed E-state index contributed by atoms with van der Waals surface area (Å²) < 4.78 is 29.0. The van der Waals surface area contributed by atoms with Crippen LogP contribution in [0.2, 0.25) is 0 Å². The van der Waals surface area contributed by atoms with Crippen molar-refractivity contribution in [1.82, 2.24) is 0 Å². The maximum atomic E-state index is 12.0. The molecule has 0 aliphatic heterocycles. The zero-order chi connectivity index (χ0) is 19.6. The molecular weight excluding hydrogens is 395 g/mol. The van der Waals surface area contributed by atoms with Gasteiger partial charge in [-0.2, -0.15) is 8.42 Å². The quantitative estimate of drug-likeness (QED) is 0.143. The van der Waals surface area contributed by atoms with Gasteiger partial charge >= 0.3 is 0 Å². The van der Waals surface area contributed by atoms with Gasteiger partial charge in [-0.15, -0.1) is 0 Å². The van der Waals surface area contributed by atoms with Crippen LogP contribution in [0, 0.1) is 0 Å². The van der Waals surface area contributed by atoms with E-state index >= 15 is 0 Å². The Bertz CT molecular complexity index is 546. The fourth-order valence-electron chi connectivity index (χ4n) is 3.30. The van der Waals surface area contributed by atoms with Gasteiger partial charge in [-0.1, -0.05) is 115 Å². The Morgan fingerprint density at radius 3 is 1.46 bits per heavy atom. The van der Waals surface area contributed by atoms with E-state index in [4.69, 9.17) is 4.18 Å². The Labute approximate surface area is 217 Å². The largest absolute Gasteiger partial charge is 0.296 e. The van der Waals surface area contributed by atoms with Crippen molar-refractivity contribution in [2.75, 3.05) is 6.61 Å². The normalized spacial score (nSPS) is 11.3. The maximum absolute atomic E-state index is 12.0. The van der Waals surface area contributed by atoms with Gasteiger partial charge in [0.15, 0.2) is 0 Å². The monoisotopic (exact) mass is 435 g/mol. The predicted molar refractivity (Wildman–Crippen MR) is 120 cm³/mol. The van der Waals surface area contributed by atoms with Gasteiger partial charge in [0.05, 0.1) is 11.5 Å². The van der Waals surface area contributed by atoms with Crippen molar-refractivity contribution in [2.45, 2.75) is 108 Å². The van der Waals surface area contributed by atoms with Gasteiger partial charge < -0.3 is 0 Å². The third-order valence-corrected chi connectivity index (χ3v) is 6.34. The van der Waals surface area contributed by atoms with E-state index in [1.165, 1.54) is 83.5 Å². The minimum absolute atomic E-state index is 0. The average Bonchev–Trinajstić information content (AvgIpc) is 2.68. The van der Waals surface area contributed by atoms with Gasteiger partial charge in [0.25, 0.3) is 10.1 Å². The van der Waals surface area contributed by atoms with Crippen LogP contribution in [0.4, 0.5) is 0 Å². The summed E-state index contributed by atoms with van der Waals surface area (Å²) in [5.74, 6) is 0. The summed E-state index contributed by atoms with van der Waals surface area (Å²) in [6, 6.07) is 8.37. The SMILES string of the molecule is CCCCCCCCCCCCCCCCCOS(=O)(=O)c1ccccc1.[K]. The summed E-state index contributed by atoms with van der Waals surface area (Å²) in [7, 11) is -3.58. The van der Waals surface area contributed by atoms with Gasteiger partial charge in [-0.05, 0) is 18.6 Å². The first-order chi connectivity index (χ1) is 13.2. The molecular formula is C23H40KO3S. The molecule has 0 atom stereocenters. The van der Waals surface area contributed by atoms with Gasteiger partial charge in [-0.25, -0.2) is 0 Å². The van der Waals surface area contributed by atoms with E-state index in [2.05, 4.69) is 6.92 Å². The van der Waals surface area contributed by atoms with Crippen LogP contribution in [-0.2, 0) is 14.3 Å². The summed E-state index contributed by atoms with van der Waals surface area (Å²) in [5.41, 5.74) is 0. The third-order valence-electron chi connectivity index (χ3n) is 5.02. The molecule has 1 aromatic carbocycles. The maximum Gasteiger partial charge on any atom is 0.296 e. The molecule has 1 aromatic rings. The zero-order valence-corrected chi connectivity index (χ0v) is 22.3.